The molecule has 1 aliphatic heterocycles. The van der Waals surface area contributed by atoms with Crippen LogP contribution in [-0.4, -0.2) is 48.6 Å². The molecule has 21 heavy (non-hydrogen) atoms. The summed E-state index contributed by atoms with van der Waals surface area (Å²) in [7, 11) is 0. The topological polar surface area (TPSA) is 44.4 Å². The minimum atomic E-state index is -0.108. The Hall–Kier alpha value is -0.610. The van der Waals surface area contributed by atoms with E-state index < -0.39 is 0 Å². The van der Waals surface area contributed by atoms with Crippen molar-refractivity contribution >= 4 is 5.91 Å². The molecule has 0 aromatic heterocycles. The maximum atomic E-state index is 12.4. The van der Waals surface area contributed by atoms with Crippen molar-refractivity contribution in [1.29, 1.82) is 0 Å². The number of hydrogen-bond acceptors (Lipinski definition) is 3. The number of nitrogens with one attached hydrogen (secondary N) is 2. The van der Waals surface area contributed by atoms with Gasteiger partial charge in [0, 0.05) is 12.1 Å². The molecule has 1 aliphatic rings. The number of hydrogen-bond donors (Lipinski definition) is 2. The van der Waals surface area contributed by atoms with Crippen LogP contribution >= 0.6 is 0 Å². The van der Waals surface area contributed by atoms with Gasteiger partial charge >= 0.3 is 0 Å². The smallest absolute Gasteiger partial charge is 0.237 e. The standard InChI is InChI=1S/C17H35N3O/c1-6-10-18-12-15-9-8-11-20(13-15)14(3)16(21)19-17(4,5)7-2/h14-15,18H,6-13H2,1-5H3,(H,19,21). The molecule has 2 N–H and O–H groups in total. The average Bonchev–Trinajstić information content (AvgIpc) is 2.46. The lowest BCUT2D eigenvalue weighted by atomic mass is 9.96. The van der Waals surface area contributed by atoms with Crippen molar-refractivity contribution in [3.8, 4) is 0 Å². The lowest BCUT2D eigenvalue weighted by Gasteiger charge is -2.37. The van der Waals surface area contributed by atoms with Gasteiger partial charge in [0.15, 0.2) is 0 Å². The van der Waals surface area contributed by atoms with Crippen molar-refractivity contribution in [3.05, 3.63) is 0 Å². The summed E-state index contributed by atoms with van der Waals surface area (Å²) in [4.78, 5) is 14.8. The Morgan fingerprint density at radius 1 is 1.38 bits per heavy atom. The van der Waals surface area contributed by atoms with Gasteiger partial charge in [0.1, 0.15) is 0 Å². The average molecular weight is 297 g/mol. The lowest BCUT2D eigenvalue weighted by Crippen LogP contribution is -2.54. The van der Waals surface area contributed by atoms with Crippen LogP contribution in [0, 0.1) is 5.92 Å². The molecule has 1 heterocycles. The van der Waals surface area contributed by atoms with Crippen LogP contribution in [0.1, 0.15) is 60.3 Å². The fraction of sp³-hybridized carbons (Fsp3) is 0.941. The third-order valence-corrected chi connectivity index (χ3v) is 4.68. The van der Waals surface area contributed by atoms with Crippen molar-refractivity contribution in [3.63, 3.8) is 0 Å². The molecule has 0 radical (unpaired) electrons. The third kappa shape index (κ3) is 6.35. The number of carbonyl (C=O) groups excluding carboxylic acids is 1. The van der Waals surface area contributed by atoms with Crippen LogP contribution in [0.5, 0.6) is 0 Å². The second-order valence-corrected chi connectivity index (χ2v) is 7.11. The molecule has 0 spiro atoms. The van der Waals surface area contributed by atoms with Gasteiger partial charge in [-0.3, -0.25) is 9.69 Å². The molecule has 0 aliphatic carbocycles. The largest absolute Gasteiger partial charge is 0.350 e. The summed E-state index contributed by atoms with van der Waals surface area (Å²) in [6.45, 7) is 14.8. The molecule has 2 unspecified atom stereocenters. The van der Waals surface area contributed by atoms with Gasteiger partial charge in [0.05, 0.1) is 6.04 Å². The predicted molar refractivity (Wildman–Crippen MR) is 89.4 cm³/mol. The van der Waals surface area contributed by atoms with Gasteiger partial charge in [-0.05, 0) is 72.0 Å². The number of carbonyl (C=O) groups is 1. The first-order chi connectivity index (χ1) is 9.89. The molecule has 0 saturated carbocycles. The summed E-state index contributed by atoms with van der Waals surface area (Å²) in [5.41, 5.74) is -0.108. The maximum Gasteiger partial charge on any atom is 0.237 e. The predicted octanol–water partition coefficient (Wildman–Crippen LogP) is 2.39. The Morgan fingerprint density at radius 2 is 2.10 bits per heavy atom. The van der Waals surface area contributed by atoms with Gasteiger partial charge in [-0.2, -0.15) is 0 Å². The van der Waals surface area contributed by atoms with Gasteiger partial charge in [0.25, 0.3) is 0 Å². The molecule has 0 bridgehead atoms. The first-order valence-electron chi connectivity index (χ1n) is 8.66. The highest BCUT2D eigenvalue weighted by Crippen LogP contribution is 2.18. The number of nitrogens with zero attached hydrogens (tertiary/aromatic N) is 1. The van der Waals surface area contributed by atoms with E-state index >= 15 is 0 Å². The lowest BCUT2D eigenvalue weighted by molar-refractivity contribution is -0.128. The Bertz CT molecular complexity index is 317. The quantitative estimate of drug-likeness (QED) is 0.676. The van der Waals surface area contributed by atoms with E-state index in [1.807, 2.05) is 6.92 Å². The summed E-state index contributed by atoms with van der Waals surface area (Å²) in [6.07, 6.45) is 4.62. The second-order valence-electron chi connectivity index (χ2n) is 7.11. The number of amides is 1. The van der Waals surface area contributed by atoms with Crippen LogP contribution in [0.3, 0.4) is 0 Å². The van der Waals surface area contributed by atoms with Crippen molar-refractivity contribution in [1.82, 2.24) is 15.5 Å². The van der Waals surface area contributed by atoms with Crippen molar-refractivity contribution in [2.24, 2.45) is 5.92 Å². The molecule has 4 heteroatoms. The Morgan fingerprint density at radius 3 is 2.71 bits per heavy atom. The molecule has 1 amide bonds. The van der Waals surface area contributed by atoms with E-state index in [0.29, 0.717) is 5.92 Å². The molecule has 0 aromatic carbocycles. The third-order valence-electron chi connectivity index (χ3n) is 4.68. The Balaban J connectivity index is 2.45. The van der Waals surface area contributed by atoms with Crippen molar-refractivity contribution < 1.29 is 4.79 Å². The molecule has 1 rings (SSSR count). The van der Waals surface area contributed by atoms with Gasteiger partial charge in [-0.15, -0.1) is 0 Å². The summed E-state index contributed by atoms with van der Waals surface area (Å²) in [5, 5.41) is 6.69. The van der Waals surface area contributed by atoms with Gasteiger partial charge in [-0.25, -0.2) is 0 Å². The molecule has 124 valence electrons. The van der Waals surface area contributed by atoms with Gasteiger partial charge in [0.2, 0.25) is 5.91 Å². The Labute approximate surface area is 131 Å². The van der Waals surface area contributed by atoms with Crippen molar-refractivity contribution in [2.75, 3.05) is 26.2 Å². The highest BCUT2D eigenvalue weighted by Gasteiger charge is 2.29. The van der Waals surface area contributed by atoms with Crippen molar-refractivity contribution in [2.45, 2.75) is 71.9 Å². The minimum Gasteiger partial charge on any atom is -0.350 e. The molecule has 0 aromatic rings. The number of piperidine rings is 1. The molecular weight excluding hydrogens is 262 g/mol. The summed E-state index contributed by atoms with van der Waals surface area (Å²) in [5.74, 6) is 0.851. The fourth-order valence-electron chi connectivity index (χ4n) is 2.79. The zero-order valence-electron chi connectivity index (χ0n) is 14.7. The molecular formula is C17H35N3O. The Kier molecular flexibility index (Phi) is 7.67. The van der Waals surface area contributed by atoms with E-state index in [0.717, 1.165) is 32.6 Å². The first kappa shape index (κ1) is 18.4. The van der Waals surface area contributed by atoms with Crippen LogP contribution in [0.2, 0.25) is 0 Å². The first-order valence-corrected chi connectivity index (χ1v) is 8.66. The maximum absolute atomic E-state index is 12.4. The molecule has 1 fully saturated rings. The van der Waals surface area contributed by atoms with Gasteiger partial charge in [-0.1, -0.05) is 13.8 Å². The van der Waals surface area contributed by atoms with E-state index in [-0.39, 0.29) is 17.5 Å². The zero-order valence-corrected chi connectivity index (χ0v) is 14.7. The van der Waals surface area contributed by atoms with Crippen LogP contribution in [0.15, 0.2) is 0 Å². The van der Waals surface area contributed by atoms with E-state index in [1.165, 1.54) is 19.3 Å². The molecule has 2 atom stereocenters. The highest BCUT2D eigenvalue weighted by atomic mass is 16.2. The van der Waals surface area contributed by atoms with Crippen LogP contribution in [0.25, 0.3) is 0 Å². The number of likely N-dealkylation sites (tertiary alicyclic amines) is 1. The minimum absolute atomic E-state index is 0.0233. The van der Waals surface area contributed by atoms with Crippen LogP contribution in [0.4, 0.5) is 0 Å². The van der Waals surface area contributed by atoms with Gasteiger partial charge < -0.3 is 10.6 Å². The summed E-state index contributed by atoms with van der Waals surface area (Å²) < 4.78 is 0. The highest BCUT2D eigenvalue weighted by molar-refractivity contribution is 5.82. The normalized spacial score (nSPS) is 22.0. The summed E-state index contributed by atoms with van der Waals surface area (Å²) in [6, 6.07) is -0.0233. The molecule has 1 saturated heterocycles. The van der Waals surface area contributed by atoms with Crippen LogP contribution in [-0.2, 0) is 4.79 Å². The van der Waals surface area contributed by atoms with E-state index in [2.05, 4.69) is 43.2 Å². The SMILES string of the molecule is CCCNCC1CCCN(C(C)C(=O)NC(C)(C)CC)C1. The number of rotatable bonds is 8. The fourth-order valence-corrected chi connectivity index (χ4v) is 2.79. The van der Waals surface area contributed by atoms with Crippen LogP contribution < -0.4 is 10.6 Å². The van der Waals surface area contributed by atoms with E-state index in [1.54, 1.807) is 0 Å². The second kappa shape index (κ2) is 8.74. The van der Waals surface area contributed by atoms with E-state index in [9.17, 15) is 4.79 Å². The zero-order chi connectivity index (χ0) is 15.9. The monoisotopic (exact) mass is 297 g/mol. The summed E-state index contributed by atoms with van der Waals surface area (Å²) >= 11 is 0. The molecule has 4 nitrogen and oxygen atoms in total. The van der Waals surface area contributed by atoms with E-state index in [4.69, 9.17) is 0 Å².